The summed E-state index contributed by atoms with van der Waals surface area (Å²) in [6, 6.07) is 12.3. The van der Waals surface area contributed by atoms with Crippen LogP contribution >= 0.6 is 0 Å². The first-order chi connectivity index (χ1) is 13.2. The summed E-state index contributed by atoms with van der Waals surface area (Å²) in [5.41, 5.74) is 1.43. The lowest BCUT2D eigenvalue weighted by Crippen LogP contribution is -2.40. The summed E-state index contributed by atoms with van der Waals surface area (Å²) >= 11 is 0. The van der Waals surface area contributed by atoms with E-state index in [1.807, 2.05) is 55.1 Å². The maximum absolute atomic E-state index is 13.0. The molecule has 2 aromatic rings. The molecule has 1 aliphatic heterocycles. The molecule has 1 aromatic heterocycles. The first-order valence-corrected chi connectivity index (χ1v) is 10.2. The highest BCUT2D eigenvalue weighted by atomic mass is 16.2. The third kappa shape index (κ3) is 4.29. The Hall–Kier alpha value is -2.43. The third-order valence-corrected chi connectivity index (χ3v) is 5.41. The van der Waals surface area contributed by atoms with Crippen LogP contribution in [0.2, 0.25) is 0 Å². The minimum Gasteiger partial charge on any atom is -0.354 e. The molecule has 0 saturated carbocycles. The molecule has 144 valence electrons. The maximum Gasteiger partial charge on any atom is 0.272 e. The van der Waals surface area contributed by atoms with Crippen LogP contribution in [0.4, 0.5) is 5.82 Å². The van der Waals surface area contributed by atoms with E-state index in [1.54, 1.807) is 0 Å². The second-order valence-electron chi connectivity index (χ2n) is 7.03. The smallest absolute Gasteiger partial charge is 0.272 e. The van der Waals surface area contributed by atoms with Crippen LogP contribution < -0.4 is 4.90 Å². The zero-order chi connectivity index (χ0) is 19.2. The van der Waals surface area contributed by atoms with E-state index in [4.69, 9.17) is 4.98 Å². The monoisotopic (exact) mass is 366 g/mol. The fourth-order valence-electron chi connectivity index (χ4n) is 3.81. The second-order valence-corrected chi connectivity index (χ2v) is 7.03. The maximum atomic E-state index is 13.0. The van der Waals surface area contributed by atoms with Crippen molar-refractivity contribution in [2.45, 2.75) is 52.5 Å². The molecule has 0 N–H and O–H groups in total. The van der Waals surface area contributed by atoms with Crippen LogP contribution in [0.25, 0.3) is 11.4 Å². The van der Waals surface area contributed by atoms with E-state index in [2.05, 4.69) is 16.8 Å². The number of aromatic nitrogens is 2. The van der Waals surface area contributed by atoms with Crippen LogP contribution in [0.15, 0.2) is 36.4 Å². The molecule has 1 aliphatic rings. The van der Waals surface area contributed by atoms with E-state index in [1.165, 1.54) is 19.3 Å². The lowest BCUT2D eigenvalue weighted by Gasteiger charge is -2.36. The van der Waals surface area contributed by atoms with Crippen molar-refractivity contribution in [1.82, 2.24) is 14.9 Å². The summed E-state index contributed by atoms with van der Waals surface area (Å²) in [5, 5.41) is 0. The molecule has 1 aromatic carbocycles. The lowest BCUT2D eigenvalue weighted by atomic mass is 10.00. The topological polar surface area (TPSA) is 49.3 Å². The fourth-order valence-corrected chi connectivity index (χ4v) is 3.81. The molecule has 1 amide bonds. The van der Waals surface area contributed by atoms with Gasteiger partial charge in [0.15, 0.2) is 5.82 Å². The third-order valence-electron chi connectivity index (χ3n) is 5.41. The summed E-state index contributed by atoms with van der Waals surface area (Å²) in [6.45, 7) is 8.57. The number of rotatable bonds is 6. The Bertz CT molecular complexity index is 758. The van der Waals surface area contributed by atoms with Crippen LogP contribution in [0.3, 0.4) is 0 Å². The number of carbonyl (C=O) groups excluding carboxylic acids is 1. The Morgan fingerprint density at radius 3 is 2.52 bits per heavy atom. The van der Waals surface area contributed by atoms with Gasteiger partial charge in [0.1, 0.15) is 11.5 Å². The normalized spacial score (nSPS) is 17.0. The van der Waals surface area contributed by atoms with Crippen LogP contribution in [0.1, 0.15) is 56.9 Å². The van der Waals surface area contributed by atoms with Gasteiger partial charge in [0.25, 0.3) is 5.91 Å². The van der Waals surface area contributed by atoms with E-state index in [-0.39, 0.29) is 5.91 Å². The fraction of sp³-hybridized carbons (Fsp3) is 0.500. The van der Waals surface area contributed by atoms with E-state index in [0.717, 1.165) is 24.3 Å². The van der Waals surface area contributed by atoms with Crippen molar-refractivity contribution in [2.24, 2.45) is 0 Å². The first-order valence-electron chi connectivity index (χ1n) is 10.2. The summed E-state index contributed by atoms with van der Waals surface area (Å²) in [4.78, 5) is 26.7. The average Bonchev–Trinajstić information content (AvgIpc) is 2.74. The molecule has 1 unspecified atom stereocenters. The second kappa shape index (κ2) is 8.98. The molecule has 0 spiro atoms. The van der Waals surface area contributed by atoms with Crippen molar-refractivity contribution >= 4 is 11.7 Å². The number of benzene rings is 1. The summed E-state index contributed by atoms with van der Waals surface area (Å²) < 4.78 is 0. The minimum atomic E-state index is -0.0223. The Balaban J connectivity index is 2.07. The van der Waals surface area contributed by atoms with Crippen molar-refractivity contribution in [1.29, 1.82) is 0 Å². The van der Waals surface area contributed by atoms with Gasteiger partial charge in [-0.05, 0) is 39.5 Å². The van der Waals surface area contributed by atoms with E-state index < -0.39 is 0 Å². The van der Waals surface area contributed by atoms with Crippen LogP contribution in [-0.2, 0) is 0 Å². The molecule has 1 fully saturated rings. The van der Waals surface area contributed by atoms with Crippen molar-refractivity contribution in [3.63, 3.8) is 0 Å². The number of anilines is 1. The van der Waals surface area contributed by atoms with Gasteiger partial charge in [-0.25, -0.2) is 9.97 Å². The van der Waals surface area contributed by atoms with E-state index >= 15 is 0 Å². The van der Waals surface area contributed by atoms with Crippen molar-refractivity contribution in [2.75, 3.05) is 24.5 Å². The number of amides is 1. The highest BCUT2D eigenvalue weighted by Crippen LogP contribution is 2.28. The SMILES string of the molecule is CCC1CCCCN1c1cc(C(=O)N(CC)CC)nc(-c2ccccc2)n1. The van der Waals surface area contributed by atoms with Gasteiger partial charge in [0.2, 0.25) is 0 Å². The first kappa shape index (κ1) is 19.3. The number of hydrogen-bond acceptors (Lipinski definition) is 4. The zero-order valence-electron chi connectivity index (χ0n) is 16.7. The van der Waals surface area contributed by atoms with Crippen LogP contribution in [0, 0.1) is 0 Å². The summed E-state index contributed by atoms with van der Waals surface area (Å²) in [7, 11) is 0. The minimum absolute atomic E-state index is 0.0223. The Kier molecular flexibility index (Phi) is 6.43. The molecule has 0 radical (unpaired) electrons. The van der Waals surface area contributed by atoms with Gasteiger partial charge >= 0.3 is 0 Å². The molecule has 1 atom stereocenters. The zero-order valence-corrected chi connectivity index (χ0v) is 16.7. The Morgan fingerprint density at radius 2 is 1.85 bits per heavy atom. The molecule has 2 heterocycles. The van der Waals surface area contributed by atoms with Gasteiger partial charge in [0.05, 0.1) is 0 Å². The van der Waals surface area contributed by atoms with E-state index in [0.29, 0.717) is 30.6 Å². The van der Waals surface area contributed by atoms with Crippen molar-refractivity contribution in [3.8, 4) is 11.4 Å². The van der Waals surface area contributed by atoms with Gasteiger partial charge in [-0.1, -0.05) is 37.3 Å². The number of carbonyl (C=O) groups is 1. The Morgan fingerprint density at radius 1 is 1.11 bits per heavy atom. The highest BCUT2D eigenvalue weighted by Gasteiger charge is 2.25. The van der Waals surface area contributed by atoms with Gasteiger partial charge < -0.3 is 9.80 Å². The summed E-state index contributed by atoms with van der Waals surface area (Å²) in [6.07, 6.45) is 4.70. The van der Waals surface area contributed by atoms with E-state index in [9.17, 15) is 4.79 Å². The predicted molar refractivity (Wildman–Crippen MR) is 110 cm³/mol. The average molecular weight is 367 g/mol. The highest BCUT2D eigenvalue weighted by molar-refractivity contribution is 5.93. The molecular formula is C22H30N4O. The van der Waals surface area contributed by atoms with Crippen molar-refractivity contribution < 1.29 is 4.79 Å². The molecule has 27 heavy (non-hydrogen) atoms. The quantitative estimate of drug-likeness (QED) is 0.760. The molecular weight excluding hydrogens is 336 g/mol. The van der Waals surface area contributed by atoms with Crippen LogP contribution in [0.5, 0.6) is 0 Å². The number of nitrogens with zero attached hydrogens (tertiary/aromatic N) is 4. The van der Waals surface area contributed by atoms with Gasteiger partial charge in [-0.3, -0.25) is 4.79 Å². The molecule has 5 heteroatoms. The Labute approximate surface area is 162 Å². The standard InChI is InChI=1S/C22H30N4O/c1-4-18-14-10-11-15-26(18)20-16-19(22(27)25(5-2)6-3)23-21(24-20)17-12-8-7-9-13-17/h7-9,12-13,16,18H,4-6,10-11,14-15H2,1-3H3. The number of hydrogen-bond donors (Lipinski definition) is 0. The van der Waals surface area contributed by atoms with Gasteiger partial charge in [-0.15, -0.1) is 0 Å². The summed E-state index contributed by atoms with van der Waals surface area (Å²) in [5.74, 6) is 1.49. The predicted octanol–water partition coefficient (Wildman–Crippen LogP) is 4.39. The molecule has 5 nitrogen and oxygen atoms in total. The van der Waals surface area contributed by atoms with Crippen LogP contribution in [-0.4, -0.2) is 46.5 Å². The molecule has 3 rings (SSSR count). The van der Waals surface area contributed by atoms with Crippen molar-refractivity contribution in [3.05, 3.63) is 42.1 Å². The largest absolute Gasteiger partial charge is 0.354 e. The molecule has 1 saturated heterocycles. The molecule has 0 bridgehead atoms. The number of piperidine rings is 1. The van der Waals surface area contributed by atoms with Gasteiger partial charge in [-0.2, -0.15) is 0 Å². The molecule has 0 aliphatic carbocycles. The lowest BCUT2D eigenvalue weighted by molar-refractivity contribution is 0.0767. The van der Waals surface area contributed by atoms with Gasteiger partial charge in [0, 0.05) is 37.3 Å².